The summed E-state index contributed by atoms with van der Waals surface area (Å²) in [5.74, 6) is -0.507. The molecule has 7 nitrogen and oxygen atoms in total. The molecule has 0 aromatic carbocycles. The van der Waals surface area contributed by atoms with Crippen molar-refractivity contribution in [2.75, 3.05) is 26.2 Å². The second-order valence-corrected chi connectivity index (χ2v) is 5.24. The van der Waals surface area contributed by atoms with Gasteiger partial charge in [0, 0.05) is 13.1 Å². The van der Waals surface area contributed by atoms with E-state index in [9.17, 15) is 14.4 Å². The molecular weight excluding hydrogens is 262 g/mol. The summed E-state index contributed by atoms with van der Waals surface area (Å²) >= 11 is 0. The molecule has 0 spiro atoms. The molecule has 2 aliphatic rings. The van der Waals surface area contributed by atoms with Gasteiger partial charge in [-0.15, -0.1) is 0 Å². The highest BCUT2D eigenvalue weighted by atomic mass is 16.5. The van der Waals surface area contributed by atoms with Crippen molar-refractivity contribution in [3.8, 4) is 0 Å². The summed E-state index contributed by atoms with van der Waals surface area (Å²) in [5, 5.41) is 2.61. The Morgan fingerprint density at radius 1 is 1.45 bits per heavy atom. The third-order valence-electron chi connectivity index (χ3n) is 3.57. The highest BCUT2D eigenvalue weighted by Gasteiger charge is 2.39. The number of imide groups is 1. The molecule has 0 aromatic rings. The van der Waals surface area contributed by atoms with Gasteiger partial charge in [0.1, 0.15) is 12.6 Å². The molecule has 2 heterocycles. The monoisotopic (exact) mass is 283 g/mol. The summed E-state index contributed by atoms with van der Waals surface area (Å²) in [6, 6.07) is -0.952. The molecular formula is C13H21N3O4. The zero-order valence-corrected chi connectivity index (χ0v) is 11.9. The highest BCUT2D eigenvalue weighted by Crippen LogP contribution is 2.12. The van der Waals surface area contributed by atoms with Gasteiger partial charge in [-0.1, -0.05) is 13.3 Å². The van der Waals surface area contributed by atoms with Crippen molar-refractivity contribution in [3.63, 3.8) is 0 Å². The lowest BCUT2D eigenvalue weighted by molar-refractivity contribution is -0.142. The number of nitrogens with one attached hydrogen (secondary N) is 1. The van der Waals surface area contributed by atoms with Gasteiger partial charge in [0.25, 0.3) is 5.91 Å². The van der Waals surface area contributed by atoms with Gasteiger partial charge < -0.3 is 15.0 Å². The van der Waals surface area contributed by atoms with Crippen molar-refractivity contribution < 1.29 is 19.1 Å². The fourth-order valence-corrected chi connectivity index (χ4v) is 2.49. The van der Waals surface area contributed by atoms with Gasteiger partial charge in [0.15, 0.2) is 0 Å². The maximum Gasteiger partial charge on any atom is 0.325 e. The van der Waals surface area contributed by atoms with E-state index in [2.05, 4.69) is 5.32 Å². The predicted molar refractivity (Wildman–Crippen MR) is 70.9 cm³/mol. The summed E-state index contributed by atoms with van der Waals surface area (Å²) in [7, 11) is 0. The SMILES string of the molecule is CCC[C@H]1NC(=O)N(CC(=O)N2CCO[C@H](C)C2)C1=O. The zero-order valence-electron chi connectivity index (χ0n) is 11.9. The molecule has 0 aliphatic carbocycles. The highest BCUT2D eigenvalue weighted by molar-refractivity contribution is 6.06. The van der Waals surface area contributed by atoms with E-state index in [-0.39, 0.29) is 24.5 Å². The first kappa shape index (κ1) is 14.8. The van der Waals surface area contributed by atoms with Gasteiger partial charge in [-0.25, -0.2) is 4.79 Å². The third-order valence-corrected chi connectivity index (χ3v) is 3.57. The number of amides is 4. The van der Waals surface area contributed by atoms with Gasteiger partial charge in [-0.05, 0) is 13.3 Å². The summed E-state index contributed by atoms with van der Waals surface area (Å²) in [6.07, 6.45) is 1.40. The van der Waals surface area contributed by atoms with Gasteiger partial charge in [0.2, 0.25) is 5.91 Å². The van der Waals surface area contributed by atoms with E-state index in [1.165, 1.54) is 0 Å². The molecule has 0 radical (unpaired) electrons. The Labute approximate surface area is 118 Å². The van der Waals surface area contributed by atoms with E-state index in [4.69, 9.17) is 4.74 Å². The summed E-state index contributed by atoms with van der Waals surface area (Å²) in [4.78, 5) is 38.6. The lowest BCUT2D eigenvalue weighted by Gasteiger charge is -2.31. The number of hydrogen-bond donors (Lipinski definition) is 1. The lowest BCUT2D eigenvalue weighted by atomic mass is 10.2. The Morgan fingerprint density at radius 3 is 2.85 bits per heavy atom. The van der Waals surface area contributed by atoms with Gasteiger partial charge in [-0.3, -0.25) is 14.5 Å². The topological polar surface area (TPSA) is 79.0 Å². The fourth-order valence-electron chi connectivity index (χ4n) is 2.49. The third kappa shape index (κ3) is 3.09. The van der Waals surface area contributed by atoms with Gasteiger partial charge in [0.05, 0.1) is 12.7 Å². The molecule has 2 rings (SSSR count). The number of urea groups is 1. The number of morpholine rings is 1. The number of rotatable bonds is 4. The van der Waals surface area contributed by atoms with Crippen LogP contribution in [0.4, 0.5) is 4.79 Å². The Kier molecular flexibility index (Phi) is 4.59. The molecule has 0 saturated carbocycles. The zero-order chi connectivity index (χ0) is 14.7. The van der Waals surface area contributed by atoms with Gasteiger partial charge >= 0.3 is 6.03 Å². The molecule has 2 fully saturated rings. The van der Waals surface area contributed by atoms with Crippen molar-refractivity contribution in [1.29, 1.82) is 0 Å². The van der Waals surface area contributed by atoms with Crippen molar-refractivity contribution in [2.45, 2.75) is 38.8 Å². The van der Waals surface area contributed by atoms with E-state index in [1.54, 1.807) is 4.90 Å². The van der Waals surface area contributed by atoms with Crippen molar-refractivity contribution in [3.05, 3.63) is 0 Å². The number of carbonyl (C=O) groups excluding carboxylic acids is 3. The van der Waals surface area contributed by atoms with Crippen LogP contribution in [-0.4, -0.2) is 66.0 Å². The first-order valence-electron chi connectivity index (χ1n) is 7.04. The first-order chi connectivity index (χ1) is 9.52. The minimum atomic E-state index is -0.482. The van der Waals surface area contributed by atoms with Crippen LogP contribution in [0.3, 0.4) is 0 Å². The van der Waals surface area contributed by atoms with E-state index >= 15 is 0 Å². The molecule has 0 aromatic heterocycles. The second-order valence-electron chi connectivity index (χ2n) is 5.24. The number of ether oxygens (including phenoxy) is 1. The maximum atomic E-state index is 12.2. The molecule has 2 aliphatic heterocycles. The van der Waals surface area contributed by atoms with Crippen LogP contribution in [0, 0.1) is 0 Å². The smallest absolute Gasteiger partial charge is 0.325 e. The van der Waals surface area contributed by atoms with E-state index in [1.807, 2.05) is 13.8 Å². The predicted octanol–water partition coefficient (Wildman–Crippen LogP) is -0.0458. The number of hydrogen-bond acceptors (Lipinski definition) is 4. The van der Waals surface area contributed by atoms with Crippen LogP contribution < -0.4 is 5.32 Å². The van der Waals surface area contributed by atoms with Crippen molar-refractivity contribution in [2.24, 2.45) is 0 Å². The molecule has 7 heteroatoms. The van der Waals surface area contributed by atoms with E-state index in [0.29, 0.717) is 26.1 Å². The Hall–Kier alpha value is -1.63. The fraction of sp³-hybridized carbons (Fsp3) is 0.769. The molecule has 4 amide bonds. The maximum absolute atomic E-state index is 12.2. The van der Waals surface area contributed by atoms with E-state index < -0.39 is 12.1 Å². The summed E-state index contributed by atoms with van der Waals surface area (Å²) in [6.45, 7) is 5.15. The van der Waals surface area contributed by atoms with Crippen LogP contribution in [0.15, 0.2) is 0 Å². The normalized spacial score (nSPS) is 26.9. The standard InChI is InChI=1S/C13H21N3O4/c1-3-4-10-12(18)16(13(19)14-10)8-11(17)15-5-6-20-9(2)7-15/h9-10H,3-8H2,1-2H3,(H,14,19)/t9-,10-/m1/s1. The van der Waals surface area contributed by atoms with Crippen LogP contribution in [-0.2, 0) is 14.3 Å². The largest absolute Gasteiger partial charge is 0.375 e. The summed E-state index contributed by atoms with van der Waals surface area (Å²) < 4.78 is 5.37. The average Bonchev–Trinajstić information content (AvgIpc) is 2.67. The molecule has 0 bridgehead atoms. The van der Waals surface area contributed by atoms with Crippen LogP contribution in [0.1, 0.15) is 26.7 Å². The second kappa shape index (κ2) is 6.21. The minimum Gasteiger partial charge on any atom is -0.375 e. The Balaban J connectivity index is 1.93. The molecule has 2 saturated heterocycles. The van der Waals surface area contributed by atoms with Crippen LogP contribution in [0.5, 0.6) is 0 Å². The Bertz CT molecular complexity index is 412. The molecule has 1 N–H and O–H groups in total. The minimum absolute atomic E-state index is 0.0105. The first-order valence-corrected chi connectivity index (χ1v) is 7.04. The quantitative estimate of drug-likeness (QED) is 0.734. The molecule has 112 valence electrons. The van der Waals surface area contributed by atoms with Crippen LogP contribution >= 0.6 is 0 Å². The molecule has 20 heavy (non-hydrogen) atoms. The molecule has 2 atom stereocenters. The van der Waals surface area contributed by atoms with E-state index in [0.717, 1.165) is 11.3 Å². The van der Waals surface area contributed by atoms with Gasteiger partial charge in [-0.2, -0.15) is 0 Å². The number of carbonyl (C=O) groups is 3. The van der Waals surface area contributed by atoms with Crippen LogP contribution in [0.2, 0.25) is 0 Å². The van der Waals surface area contributed by atoms with Crippen molar-refractivity contribution >= 4 is 17.8 Å². The lowest BCUT2D eigenvalue weighted by Crippen LogP contribution is -2.49. The molecule has 0 unspecified atom stereocenters. The number of nitrogens with zero attached hydrogens (tertiary/aromatic N) is 2. The average molecular weight is 283 g/mol. The van der Waals surface area contributed by atoms with Crippen molar-refractivity contribution in [1.82, 2.24) is 15.1 Å². The summed E-state index contributed by atoms with van der Waals surface area (Å²) in [5.41, 5.74) is 0. The van der Waals surface area contributed by atoms with Crippen LogP contribution in [0.25, 0.3) is 0 Å². The Morgan fingerprint density at radius 2 is 2.20 bits per heavy atom.